The standard InChI is InChI=1S/C13H27NO2/c1-2-3-10-16-12-13(15)11-14-8-6-4-5-7-9-14/h13,15H,2-12H2,1H3. The lowest BCUT2D eigenvalue weighted by atomic mass is 10.2. The lowest BCUT2D eigenvalue weighted by molar-refractivity contribution is 0.0164. The van der Waals surface area contributed by atoms with Crippen LogP contribution in [0.1, 0.15) is 45.4 Å². The lowest BCUT2D eigenvalue weighted by Crippen LogP contribution is -2.35. The van der Waals surface area contributed by atoms with E-state index in [4.69, 9.17) is 4.74 Å². The third-order valence-electron chi connectivity index (χ3n) is 3.12. The molecule has 16 heavy (non-hydrogen) atoms. The Labute approximate surface area is 99.8 Å². The van der Waals surface area contributed by atoms with Gasteiger partial charge in [0.15, 0.2) is 0 Å². The second kappa shape index (κ2) is 8.97. The number of hydrogen-bond acceptors (Lipinski definition) is 3. The fourth-order valence-corrected chi connectivity index (χ4v) is 2.14. The largest absolute Gasteiger partial charge is 0.389 e. The molecule has 0 bridgehead atoms. The van der Waals surface area contributed by atoms with Crippen molar-refractivity contribution in [3.8, 4) is 0 Å². The summed E-state index contributed by atoms with van der Waals surface area (Å²) in [6.45, 7) is 6.51. The molecule has 0 spiro atoms. The van der Waals surface area contributed by atoms with Gasteiger partial charge in [-0.1, -0.05) is 26.2 Å². The molecule has 96 valence electrons. The maximum absolute atomic E-state index is 9.83. The normalized spacial score (nSPS) is 20.6. The van der Waals surface area contributed by atoms with Crippen LogP contribution in [0.5, 0.6) is 0 Å². The number of rotatable bonds is 7. The number of likely N-dealkylation sites (tertiary alicyclic amines) is 1. The third-order valence-corrected chi connectivity index (χ3v) is 3.12. The van der Waals surface area contributed by atoms with Gasteiger partial charge in [0.25, 0.3) is 0 Å². The molecular weight excluding hydrogens is 202 g/mol. The van der Waals surface area contributed by atoms with Crippen molar-refractivity contribution in [2.45, 2.75) is 51.6 Å². The molecule has 1 aliphatic rings. The summed E-state index contributed by atoms with van der Waals surface area (Å²) in [5.41, 5.74) is 0. The third kappa shape index (κ3) is 6.46. The average molecular weight is 229 g/mol. The van der Waals surface area contributed by atoms with Gasteiger partial charge in [-0.2, -0.15) is 0 Å². The number of aliphatic hydroxyl groups is 1. The zero-order chi connectivity index (χ0) is 11.6. The molecule has 0 aromatic rings. The minimum atomic E-state index is -0.310. The van der Waals surface area contributed by atoms with Gasteiger partial charge < -0.3 is 14.7 Å². The molecule has 1 fully saturated rings. The van der Waals surface area contributed by atoms with Gasteiger partial charge in [0, 0.05) is 13.2 Å². The molecule has 0 radical (unpaired) electrons. The first-order valence-electron chi connectivity index (χ1n) is 6.81. The van der Waals surface area contributed by atoms with Gasteiger partial charge in [0.1, 0.15) is 0 Å². The molecule has 0 aromatic carbocycles. The molecule has 1 rings (SSSR count). The Bertz CT molecular complexity index is 156. The fourth-order valence-electron chi connectivity index (χ4n) is 2.14. The minimum absolute atomic E-state index is 0.310. The Morgan fingerprint density at radius 1 is 1.19 bits per heavy atom. The van der Waals surface area contributed by atoms with Crippen molar-refractivity contribution in [2.24, 2.45) is 0 Å². The number of aliphatic hydroxyl groups excluding tert-OH is 1. The van der Waals surface area contributed by atoms with E-state index in [9.17, 15) is 5.11 Å². The fraction of sp³-hybridized carbons (Fsp3) is 1.00. The predicted octanol–water partition coefficient (Wildman–Crippen LogP) is 2.04. The van der Waals surface area contributed by atoms with E-state index < -0.39 is 0 Å². The second-order valence-electron chi connectivity index (χ2n) is 4.80. The zero-order valence-corrected chi connectivity index (χ0v) is 10.7. The number of β-amino-alcohol motifs (C(OH)–C–C–N with tert-alkyl or cyclic N) is 1. The van der Waals surface area contributed by atoms with Crippen molar-refractivity contribution >= 4 is 0 Å². The summed E-state index contributed by atoms with van der Waals surface area (Å²) in [4.78, 5) is 2.38. The van der Waals surface area contributed by atoms with Crippen LogP contribution < -0.4 is 0 Å². The summed E-state index contributed by atoms with van der Waals surface area (Å²) in [6.07, 6.45) is 7.19. The summed E-state index contributed by atoms with van der Waals surface area (Å²) < 4.78 is 5.43. The van der Waals surface area contributed by atoms with Crippen LogP contribution in [0.25, 0.3) is 0 Å². The molecule has 0 amide bonds. The van der Waals surface area contributed by atoms with Crippen molar-refractivity contribution < 1.29 is 9.84 Å². The molecule has 3 nitrogen and oxygen atoms in total. The molecule has 1 atom stereocenters. The molecule has 0 aliphatic carbocycles. The first kappa shape index (κ1) is 13.9. The Balaban J connectivity index is 2.04. The van der Waals surface area contributed by atoms with Gasteiger partial charge in [-0.15, -0.1) is 0 Å². The topological polar surface area (TPSA) is 32.7 Å². The van der Waals surface area contributed by atoms with Crippen molar-refractivity contribution in [1.29, 1.82) is 0 Å². The van der Waals surface area contributed by atoms with Gasteiger partial charge in [-0.05, 0) is 32.4 Å². The van der Waals surface area contributed by atoms with Crippen LogP contribution in [0.2, 0.25) is 0 Å². The number of hydrogen-bond donors (Lipinski definition) is 1. The van der Waals surface area contributed by atoms with Crippen LogP contribution in [0.4, 0.5) is 0 Å². The Morgan fingerprint density at radius 2 is 1.88 bits per heavy atom. The highest BCUT2D eigenvalue weighted by Crippen LogP contribution is 2.09. The van der Waals surface area contributed by atoms with Crippen molar-refractivity contribution in [1.82, 2.24) is 4.90 Å². The van der Waals surface area contributed by atoms with Crippen molar-refractivity contribution in [2.75, 3.05) is 32.8 Å². The summed E-state index contributed by atoms with van der Waals surface area (Å²) in [5.74, 6) is 0. The van der Waals surface area contributed by atoms with Crippen LogP contribution in [0.3, 0.4) is 0 Å². The van der Waals surface area contributed by atoms with E-state index in [1.807, 2.05) is 0 Å². The van der Waals surface area contributed by atoms with Crippen LogP contribution >= 0.6 is 0 Å². The van der Waals surface area contributed by atoms with E-state index in [0.717, 1.165) is 39.1 Å². The molecule has 1 unspecified atom stereocenters. The van der Waals surface area contributed by atoms with Crippen LogP contribution in [0.15, 0.2) is 0 Å². The van der Waals surface area contributed by atoms with E-state index >= 15 is 0 Å². The molecule has 1 saturated heterocycles. The second-order valence-corrected chi connectivity index (χ2v) is 4.80. The monoisotopic (exact) mass is 229 g/mol. The number of ether oxygens (including phenoxy) is 1. The molecule has 1 heterocycles. The molecule has 0 aromatic heterocycles. The highest BCUT2D eigenvalue weighted by molar-refractivity contribution is 4.67. The Morgan fingerprint density at radius 3 is 2.50 bits per heavy atom. The summed E-state index contributed by atoms with van der Waals surface area (Å²) in [5, 5.41) is 9.83. The highest BCUT2D eigenvalue weighted by Gasteiger charge is 2.13. The first-order valence-corrected chi connectivity index (χ1v) is 6.81. The first-order chi connectivity index (χ1) is 7.83. The van der Waals surface area contributed by atoms with Gasteiger partial charge in [-0.3, -0.25) is 0 Å². The van der Waals surface area contributed by atoms with Gasteiger partial charge in [0.05, 0.1) is 12.7 Å². The summed E-state index contributed by atoms with van der Waals surface area (Å²) >= 11 is 0. The maximum atomic E-state index is 9.83. The van der Waals surface area contributed by atoms with E-state index in [-0.39, 0.29) is 6.10 Å². The van der Waals surface area contributed by atoms with Crippen LogP contribution in [-0.4, -0.2) is 49.0 Å². The Kier molecular flexibility index (Phi) is 7.81. The predicted molar refractivity (Wildman–Crippen MR) is 66.6 cm³/mol. The van der Waals surface area contributed by atoms with Gasteiger partial charge in [0.2, 0.25) is 0 Å². The van der Waals surface area contributed by atoms with Crippen molar-refractivity contribution in [3.05, 3.63) is 0 Å². The summed E-state index contributed by atoms with van der Waals surface area (Å²) in [7, 11) is 0. The van der Waals surface area contributed by atoms with Gasteiger partial charge >= 0.3 is 0 Å². The average Bonchev–Trinajstić information content (AvgIpc) is 2.53. The molecule has 3 heteroatoms. The number of unbranched alkanes of at least 4 members (excludes halogenated alkanes) is 1. The smallest absolute Gasteiger partial charge is 0.0900 e. The van der Waals surface area contributed by atoms with Crippen molar-refractivity contribution in [3.63, 3.8) is 0 Å². The van der Waals surface area contributed by atoms with Gasteiger partial charge in [-0.25, -0.2) is 0 Å². The lowest BCUT2D eigenvalue weighted by Gasteiger charge is -2.23. The number of nitrogens with zero attached hydrogens (tertiary/aromatic N) is 1. The minimum Gasteiger partial charge on any atom is -0.389 e. The maximum Gasteiger partial charge on any atom is 0.0900 e. The highest BCUT2D eigenvalue weighted by atomic mass is 16.5. The van der Waals surface area contributed by atoms with E-state index in [1.165, 1.54) is 25.7 Å². The zero-order valence-electron chi connectivity index (χ0n) is 10.7. The van der Waals surface area contributed by atoms with Crippen LogP contribution in [0, 0.1) is 0 Å². The van der Waals surface area contributed by atoms with Crippen LogP contribution in [-0.2, 0) is 4.74 Å². The molecular formula is C13H27NO2. The molecule has 0 saturated carbocycles. The van der Waals surface area contributed by atoms with E-state index in [0.29, 0.717) is 6.61 Å². The molecule has 1 N–H and O–H groups in total. The SMILES string of the molecule is CCCCOCC(O)CN1CCCCCC1. The molecule has 1 aliphatic heterocycles. The Hall–Kier alpha value is -0.120. The summed E-state index contributed by atoms with van der Waals surface area (Å²) in [6, 6.07) is 0. The quantitative estimate of drug-likeness (QED) is 0.678. The van der Waals surface area contributed by atoms with E-state index in [2.05, 4.69) is 11.8 Å². The van der Waals surface area contributed by atoms with E-state index in [1.54, 1.807) is 0 Å².